The Morgan fingerprint density at radius 2 is 1.04 bits per heavy atom. The van der Waals surface area contributed by atoms with Crippen LogP contribution in [0.15, 0.2) is 150 Å². The van der Waals surface area contributed by atoms with Gasteiger partial charge in [0.25, 0.3) is 0 Å². The lowest BCUT2D eigenvalue weighted by Crippen LogP contribution is -2.00. The van der Waals surface area contributed by atoms with Crippen molar-refractivity contribution < 1.29 is 4.42 Å². The fourth-order valence-electron chi connectivity index (χ4n) is 6.12. The summed E-state index contributed by atoms with van der Waals surface area (Å²) in [4.78, 5) is 19.7. The van der Waals surface area contributed by atoms with Crippen molar-refractivity contribution in [1.82, 2.24) is 19.9 Å². The van der Waals surface area contributed by atoms with Crippen LogP contribution >= 0.6 is 0 Å². The number of para-hydroxylation sites is 2. The number of aromatic nitrogens is 4. The fraction of sp³-hybridized carbons (Fsp3) is 0. The molecule has 210 valence electrons. The highest BCUT2D eigenvalue weighted by molar-refractivity contribution is 6.12. The first-order valence-corrected chi connectivity index (χ1v) is 14.9. The summed E-state index contributed by atoms with van der Waals surface area (Å²) in [6.45, 7) is 0. The number of hydrogen-bond donors (Lipinski definition) is 0. The number of rotatable bonds is 4. The van der Waals surface area contributed by atoms with Gasteiger partial charge in [0.15, 0.2) is 17.5 Å². The third-order valence-electron chi connectivity index (χ3n) is 8.34. The van der Waals surface area contributed by atoms with Crippen LogP contribution in [0.3, 0.4) is 0 Å². The molecular formula is C40H24N4O. The zero-order valence-electron chi connectivity index (χ0n) is 24.1. The van der Waals surface area contributed by atoms with Gasteiger partial charge in [-0.25, -0.2) is 15.0 Å². The minimum Gasteiger partial charge on any atom is -0.455 e. The van der Waals surface area contributed by atoms with Gasteiger partial charge in [0.1, 0.15) is 11.2 Å². The minimum absolute atomic E-state index is 0.559. The molecule has 0 saturated heterocycles. The van der Waals surface area contributed by atoms with Gasteiger partial charge in [-0.2, -0.15) is 0 Å². The Morgan fingerprint density at radius 1 is 0.422 bits per heavy atom. The Kier molecular flexibility index (Phi) is 5.74. The molecule has 0 aliphatic heterocycles. The first kappa shape index (κ1) is 25.3. The van der Waals surface area contributed by atoms with Crippen LogP contribution in [0.4, 0.5) is 0 Å². The minimum atomic E-state index is 0.559. The van der Waals surface area contributed by atoms with E-state index in [0.29, 0.717) is 17.5 Å². The van der Waals surface area contributed by atoms with Crippen LogP contribution in [-0.4, -0.2) is 19.9 Å². The molecule has 9 aromatic rings. The van der Waals surface area contributed by atoms with Crippen molar-refractivity contribution in [2.24, 2.45) is 0 Å². The normalized spacial score (nSPS) is 11.6. The summed E-state index contributed by atoms with van der Waals surface area (Å²) in [5, 5.41) is 5.46. The molecule has 45 heavy (non-hydrogen) atoms. The molecule has 0 atom stereocenters. The van der Waals surface area contributed by atoms with Gasteiger partial charge < -0.3 is 4.42 Å². The maximum absolute atomic E-state index is 6.54. The van der Waals surface area contributed by atoms with Gasteiger partial charge in [0.2, 0.25) is 0 Å². The van der Waals surface area contributed by atoms with Gasteiger partial charge in [-0.1, -0.05) is 109 Å². The molecule has 0 aliphatic rings. The predicted octanol–water partition coefficient (Wildman–Crippen LogP) is 10.1. The molecule has 9 rings (SSSR count). The van der Waals surface area contributed by atoms with Crippen molar-refractivity contribution >= 4 is 43.6 Å². The van der Waals surface area contributed by atoms with E-state index in [1.807, 2.05) is 91.1 Å². The molecule has 0 unspecified atom stereocenters. The zero-order valence-corrected chi connectivity index (χ0v) is 24.1. The number of furan rings is 1. The van der Waals surface area contributed by atoms with Crippen LogP contribution in [0.5, 0.6) is 0 Å². The molecule has 0 N–H and O–H groups in total. The Balaban J connectivity index is 1.34. The van der Waals surface area contributed by atoms with E-state index in [-0.39, 0.29) is 0 Å². The summed E-state index contributed by atoms with van der Waals surface area (Å²) in [6, 6.07) is 47.4. The largest absolute Gasteiger partial charge is 0.455 e. The Hall–Kier alpha value is -6.20. The van der Waals surface area contributed by atoms with Crippen LogP contribution in [0.2, 0.25) is 0 Å². The van der Waals surface area contributed by atoms with E-state index in [9.17, 15) is 0 Å². The lowest BCUT2D eigenvalue weighted by molar-refractivity contribution is 0.669. The van der Waals surface area contributed by atoms with Crippen LogP contribution in [-0.2, 0) is 0 Å². The second kappa shape index (κ2) is 10.2. The molecule has 3 heterocycles. The molecular weight excluding hydrogens is 552 g/mol. The molecule has 0 spiro atoms. The number of fused-ring (bicyclic) bond motifs is 6. The first-order valence-electron chi connectivity index (χ1n) is 14.9. The van der Waals surface area contributed by atoms with Crippen LogP contribution in [0.25, 0.3) is 88.9 Å². The molecule has 5 nitrogen and oxygen atoms in total. The van der Waals surface area contributed by atoms with Crippen LogP contribution < -0.4 is 0 Å². The molecule has 0 saturated carbocycles. The fourth-order valence-corrected chi connectivity index (χ4v) is 6.12. The van der Waals surface area contributed by atoms with Crippen molar-refractivity contribution in [1.29, 1.82) is 0 Å². The van der Waals surface area contributed by atoms with Crippen molar-refractivity contribution in [3.63, 3.8) is 0 Å². The third kappa shape index (κ3) is 4.33. The molecule has 0 fully saturated rings. The van der Waals surface area contributed by atoms with Crippen molar-refractivity contribution in [3.8, 4) is 45.3 Å². The van der Waals surface area contributed by atoms with Crippen molar-refractivity contribution in [3.05, 3.63) is 146 Å². The standard InChI is InChI=1S/C40H24N4O/c1-3-11-25(12-4-1)38-42-39(26-13-5-2-6-14-26)44-40(43-38)34-23-29(22-33-31-16-8-10-18-36(31)45-37(33)34)27-19-20-28-24-41-35-17-9-7-15-30(35)32(28)21-27/h1-24H. The summed E-state index contributed by atoms with van der Waals surface area (Å²) >= 11 is 0. The number of pyridine rings is 1. The van der Waals surface area contributed by atoms with Gasteiger partial charge in [0, 0.05) is 38.9 Å². The third-order valence-corrected chi connectivity index (χ3v) is 8.34. The second-order valence-electron chi connectivity index (χ2n) is 11.1. The highest BCUT2D eigenvalue weighted by atomic mass is 16.3. The van der Waals surface area contributed by atoms with Gasteiger partial charge >= 0.3 is 0 Å². The van der Waals surface area contributed by atoms with E-state index >= 15 is 0 Å². The molecule has 0 aliphatic carbocycles. The summed E-state index contributed by atoms with van der Waals surface area (Å²) in [6.07, 6.45) is 1.95. The molecule has 0 bridgehead atoms. The molecule has 5 heteroatoms. The lowest BCUT2D eigenvalue weighted by atomic mass is 9.96. The van der Waals surface area contributed by atoms with Crippen molar-refractivity contribution in [2.45, 2.75) is 0 Å². The number of nitrogens with zero attached hydrogens (tertiary/aromatic N) is 4. The highest BCUT2D eigenvalue weighted by Gasteiger charge is 2.20. The van der Waals surface area contributed by atoms with Crippen LogP contribution in [0, 0.1) is 0 Å². The summed E-state index contributed by atoms with van der Waals surface area (Å²) in [5.74, 6) is 1.78. The monoisotopic (exact) mass is 576 g/mol. The van der Waals surface area contributed by atoms with Gasteiger partial charge in [-0.05, 0) is 46.8 Å². The number of benzene rings is 6. The van der Waals surface area contributed by atoms with Gasteiger partial charge in [-0.3, -0.25) is 4.98 Å². The quantitative estimate of drug-likeness (QED) is 0.195. The summed E-state index contributed by atoms with van der Waals surface area (Å²) in [7, 11) is 0. The van der Waals surface area contributed by atoms with Crippen molar-refractivity contribution in [2.75, 3.05) is 0 Å². The Bertz CT molecular complexity index is 2480. The highest BCUT2D eigenvalue weighted by Crippen LogP contribution is 2.40. The van der Waals surface area contributed by atoms with Crippen LogP contribution in [0.1, 0.15) is 0 Å². The van der Waals surface area contributed by atoms with E-state index < -0.39 is 0 Å². The van der Waals surface area contributed by atoms with Gasteiger partial charge in [0.05, 0.1) is 11.1 Å². The average Bonchev–Trinajstić information content (AvgIpc) is 3.50. The topological polar surface area (TPSA) is 64.7 Å². The molecule has 0 radical (unpaired) electrons. The SMILES string of the molecule is c1ccc(-c2nc(-c3ccccc3)nc(-c3cc(-c4ccc5cnc6ccccc6c5c4)cc4c3oc3ccccc34)n2)cc1. The van der Waals surface area contributed by atoms with Gasteiger partial charge in [-0.15, -0.1) is 0 Å². The van der Waals surface area contributed by atoms with E-state index in [1.165, 1.54) is 0 Å². The van der Waals surface area contributed by atoms with E-state index in [4.69, 9.17) is 19.4 Å². The molecule has 3 aromatic heterocycles. The molecule has 0 amide bonds. The van der Waals surface area contributed by atoms with E-state index in [1.54, 1.807) is 0 Å². The predicted molar refractivity (Wildman–Crippen MR) is 182 cm³/mol. The van der Waals surface area contributed by atoms with E-state index in [2.05, 4.69) is 59.6 Å². The second-order valence-corrected chi connectivity index (χ2v) is 11.1. The maximum Gasteiger partial charge on any atom is 0.167 e. The zero-order chi connectivity index (χ0) is 29.7. The summed E-state index contributed by atoms with van der Waals surface area (Å²) in [5.41, 5.74) is 7.35. The molecule has 6 aromatic carbocycles. The number of hydrogen-bond acceptors (Lipinski definition) is 5. The maximum atomic E-state index is 6.54. The summed E-state index contributed by atoms with van der Waals surface area (Å²) < 4.78 is 6.54. The Labute approximate surface area is 258 Å². The lowest BCUT2D eigenvalue weighted by Gasteiger charge is -2.11. The first-order chi connectivity index (χ1) is 22.3. The van der Waals surface area contributed by atoms with E-state index in [0.717, 1.165) is 71.4 Å². The Morgan fingerprint density at radius 3 is 1.80 bits per heavy atom. The smallest absolute Gasteiger partial charge is 0.167 e. The average molecular weight is 577 g/mol.